The highest BCUT2D eigenvalue weighted by Crippen LogP contribution is 2.21. The van der Waals surface area contributed by atoms with Gasteiger partial charge < -0.3 is 10.6 Å². The molecule has 0 spiro atoms. The lowest BCUT2D eigenvalue weighted by Gasteiger charge is -2.11. The summed E-state index contributed by atoms with van der Waals surface area (Å²) in [4.78, 5) is 8.68. The maximum Gasteiger partial charge on any atom is 0.224 e. The number of rotatable bonds is 7. The van der Waals surface area contributed by atoms with Crippen molar-refractivity contribution in [3.8, 4) is 0 Å². The molecule has 0 aliphatic rings. The summed E-state index contributed by atoms with van der Waals surface area (Å²) < 4.78 is 25.7. The van der Waals surface area contributed by atoms with Crippen LogP contribution >= 0.6 is 0 Å². The maximum absolute atomic E-state index is 11.6. The van der Waals surface area contributed by atoms with Crippen LogP contribution in [0.5, 0.6) is 0 Å². The number of hydrogen-bond acceptors (Lipinski definition) is 6. The van der Waals surface area contributed by atoms with Gasteiger partial charge in [-0.3, -0.25) is 0 Å². The summed E-state index contributed by atoms with van der Waals surface area (Å²) >= 11 is 0. The summed E-state index contributed by atoms with van der Waals surface area (Å²) in [5, 5.41) is 6.82. The van der Waals surface area contributed by atoms with Gasteiger partial charge in [-0.2, -0.15) is 4.98 Å². The summed E-state index contributed by atoms with van der Waals surface area (Å²) in [5.74, 6) is 1.11. The number of sulfonamides is 1. The molecule has 2 rings (SSSR count). The Morgan fingerprint density at radius 2 is 1.95 bits per heavy atom. The van der Waals surface area contributed by atoms with Gasteiger partial charge in [0.2, 0.25) is 16.0 Å². The zero-order valence-electron chi connectivity index (χ0n) is 12.0. The molecule has 1 heterocycles. The molecule has 2 aromatic rings. The minimum atomic E-state index is -3.24. The number of hydrogen-bond donors (Lipinski definition) is 3. The van der Waals surface area contributed by atoms with E-state index in [1.807, 2.05) is 24.3 Å². The Labute approximate surface area is 124 Å². The van der Waals surface area contributed by atoms with Crippen LogP contribution in [-0.4, -0.2) is 44.3 Å². The number of nitrogens with one attached hydrogen (secondary N) is 3. The Bertz CT molecular complexity index is 718. The minimum Gasteiger partial charge on any atom is -0.368 e. The molecule has 0 saturated heterocycles. The van der Waals surface area contributed by atoms with Crippen LogP contribution in [-0.2, 0) is 10.0 Å². The highest BCUT2D eigenvalue weighted by atomic mass is 32.2. The zero-order chi connectivity index (χ0) is 15.3. The highest BCUT2D eigenvalue weighted by Gasteiger charge is 2.10. The van der Waals surface area contributed by atoms with E-state index in [1.54, 1.807) is 14.0 Å². The molecule has 1 aromatic carbocycles. The van der Waals surface area contributed by atoms with E-state index in [9.17, 15) is 8.42 Å². The van der Waals surface area contributed by atoms with E-state index in [1.165, 1.54) is 0 Å². The second-order valence-corrected chi connectivity index (χ2v) is 6.33. The SMILES string of the molecule is CCNS(=O)(=O)CCNc1nc(NC)nc2ccccc12. The Morgan fingerprint density at radius 1 is 1.19 bits per heavy atom. The van der Waals surface area contributed by atoms with Crippen LogP contribution in [0, 0.1) is 0 Å². The predicted octanol–water partition coefficient (Wildman–Crippen LogP) is 1.02. The van der Waals surface area contributed by atoms with Gasteiger partial charge in [0.15, 0.2) is 0 Å². The predicted molar refractivity (Wildman–Crippen MR) is 85.0 cm³/mol. The van der Waals surface area contributed by atoms with Crippen molar-refractivity contribution < 1.29 is 8.42 Å². The Hall–Kier alpha value is -1.93. The van der Waals surface area contributed by atoms with Crippen LogP contribution in [0.2, 0.25) is 0 Å². The smallest absolute Gasteiger partial charge is 0.224 e. The van der Waals surface area contributed by atoms with Crippen LogP contribution < -0.4 is 15.4 Å². The van der Waals surface area contributed by atoms with E-state index in [4.69, 9.17) is 0 Å². The second kappa shape index (κ2) is 6.68. The summed E-state index contributed by atoms with van der Waals surface area (Å²) in [7, 11) is -1.50. The minimum absolute atomic E-state index is 0.00590. The van der Waals surface area contributed by atoms with E-state index in [-0.39, 0.29) is 12.3 Å². The molecule has 0 saturated carbocycles. The fraction of sp³-hybridized carbons (Fsp3) is 0.385. The first kappa shape index (κ1) is 15.5. The van der Waals surface area contributed by atoms with Crippen molar-refractivity contribution in [2.24, 2.45) is 0 Å². The standard InChI is InChI=1S/C13H19N5O2S/c1-3-16-21(19,20)9-8-15-12-10-6-4-5-7-11(10)17-13(14-2)18-12/h4-7,16H,3,8-9H2,1-2H3,(H2,14,15,17,18). The van der Waals surface area contributed by atoms with Crippen molar-refractivity contribution in [3.05, 3.63) is 24.3 Å². The number of fused-ring (bicyclic) bond motifs is 1. The zero-order valence-corrected chi connectivity index (χ0v) is 12.9. The topological polar surface area (TPSA) is 96.0 Å². The van der Waals surface area contributed by atoms with E-state index in [2.05, 4.69) is 25.3 Å². The van der Waals surface area contributed by atoms with Gasteiger partial charge in [0.05, 0.1) is 11.3 Å². The first-order valence-electron chi connectivity index (χ1n) is 6.71. The lowest BCUT2D eigenvalue weighted by atomic mass is 10.2. The molecule has 0 unspecified atom stereocenters. The van der Waals surface area contributed by atoms with E-state index < -0.39 is 10.0 Å². The van der Waals surface area contributed by atoms with Crippen molar-refractivity contribution in [1.82, 2.24) is 14.7 Å². The summed E-state index contributed by atoms with van der Waals surface area (Å²) in [6.07, 6.45) is 0. The van der Waals surface area contributed by atoms with Crippen LogP contribution in [0.4, 0.5) is 11.8 Å². The summed E-state index contributed by atoms with van der Waals surface area (Å²) in [6.45, 7) is 2.42. The van der Waals surface area contributed by atoms with Crippen LogP contribution in [0.3, 0.4) is 0 Å². The molecule has 0 atom stereocenters. The Balaban J connectivity index is 2.18. The van der Waals surface area contributed by atoms with E-state index >= 15 is 0 Å². The molecule has 3 N–H and O–H groups in total. The molecule has 21 heavy (non-hydrogen) atoms. The highest BCUT2D eigenvalue weighted by molar-refractivity contribution is 7.89. The lowest BCUT2D eigenvalue weighted by molar-refractivity contribution is 0.584. The molecular formula is C13H19N5O2S. The molecule has 0 aliphatic heterocycles. The van der Waals surface area contributed by atoms with Gasteiger partial charge in [0.25, 0.3) is 0 Å². The first-order valence-corrected chi connectivity index (χ1v) is 8.36. The van der Waals surface area contributed by atoms with E-state index in [0.717, 1.165) is 10.9 Å². The van der Waals surface area contributed by atoms with Crippen LogP contribution in [0.25, 0.3) is 10.9 Å². The largest absolute Gasteiger partial charge is 0.368 e. The molecule has 8 heteroatoms. The number of nitrogens with zero attached hydrogens (tertiary/aromatic N) is 2. The third-order valence-corrected chi connectivity index (χ3v) is 4.32. The molecule has 0 bridgehead atoms. The average Bonchev–Trinajstić information content (AvgIpc) is 2.46. The monoisotopic (exact) mass is 309 g/mol. The van der Waals surface area contributed by atoms with Crippen molar-refractivity contribution in [2.45, 2.75) is 6.92 Å². The van der Waals surface area contributed by atoms with Gasteiger partial charge in [0, 0.05) is 25.5 Å². The maximum atomic E-state index is 11.6. The first-order chi connectivity index (χ1) is 10.1. The second-order valence-electron chi connectivity index (χ2n) is 4.41. The number of anilines is 2. The van der Waals surface area contributed by atoms with Gasteiger partial charge in [-0.05, 0) is 12.1 Å². The lowest BCUT2D eigenvalue weighted by Crippen LogP contribution is -2.29. The molecule has 0 fully saturated rings. The fourth-order valence-electron chi connectivity index (χ4n) is 1.92. The summed E-state index contributed by atoms with van der Waals surface area (Å²) in [6, 6.07) is 7.58. The Kier molecular flexibility index (Phi) is 4.92. The normalized spacial score (nSPS) is 11.5. The molecule has 0 radical (unpaired) electrons. The van der Waals surface area contributed by atoms with Gasteiger partial charge >= 0.3 is 0 Å². The fourth-order valence-corrected chi connectivity index (χ4v) is 2.87. The molecule has 7 nitrogen and oxygen atoms in total. The summed E-state index contributed by atoms with van der Waals surface area (Å²) in [5.41, 5.74) is 0.800. The van der Waals surface area contributed by atoms with Crippen LogP contribution in [0.15, 0.2) is 24.3 Å². The van der Waals surface area contributed by atoms with Crippen molar-refractivity contribution in [3.63, 3.8) is 0 Å². The van der Waals surface area contributed by atoms with Crippen molar-refractivity contribution in [1.29, 1.82) is 0 Å². The van der Waals surface area contributed by atoms with Gasteiger partial charge in [-0.1, -0.05) is 19.1 Å². The molecule has 0 amide bonds. The molecule has 1 aromatic heterocycles. The van der Waals surface area contributed by atoms with Gasteiger partial charge in [0.1, 0.15) is 5.82 Å². The van der Waals surface area contributed by atoms with Crippen molar-refractivity contribution in [2.75, 3.05) is 36.5 Å². The van der Waals surface area contributed by atoms with Crippen molar-refractivity contribution >= 4 is 32.7 Å². The average molecular weight is 309 g/mol. The quantitative estimate of drug-likeness (QED) is 0.707. The number of para-hydroxylation sites is 1. The van der Waals surface area contributed by atoms with Crippen LogP contribution in [0.1, 0.15) is 6.92 Å². The van der Waals surface area contributed by atoms with Gasteiger partial charge in [-0.15, -0.1) is 0 Å². The number of aromatic nitrogens is 2. The molecule has 0 aliphatic carbocycles. The van der Waals surface area contributed by atoms with Gasteiger partial charge in [-0.25, -0.2) is 18.1 Å². The Morgan fingerprint density at radius 3 is 2.67 bits per heavy atom. The third kappa shape index (κ3) is 4.02. The van der Waals surface area contributed by atoms with E-state index in [0.29, 0.717) is 18.3 Å². The molecular weight excluding hydrogens is 290 g/mol. The third-order valence-electron chi connectivity index (χ3n) is 2.85. The number of benzene rings is 1. The molecule has 114 valence electrons.